The number of benzene rings is 2. The lowest BCUT2D eigenvalue weighted by Crippen LogP contribution is -2.46. The van der Waals surface area contributed by atoms with Crippen LogP contribution in [0.1, 0.15) is 0 Å². The van der Waals surface area contributed by atoms with Gasteiger partial charge in [-0.3, -0.25) is 0 Å². The maximum absolute atomic E-state index is 6.26. The number of para-hydroxylation sites is 2. The number of halogens is 1. The molecule has 0 aliphatic carbocycles. The zero-order valence-electron chi connectivity index (χ0n) is 14.0. The van der Waals surface area contributed by atoms with Crippen LogP contribution in [0.2, 0.25) is 5.02 Å². The number of piperazine rings is 1. The van der Waals surface area contributed by atoms with Crippen molar-refractivity contribution in [1.29, 1.82) is 0 Å². The Kier molecular flexibility index (Phi) is 4.32. The van der Waals surface area contributed by atoms with Crippen LogP contribution in [0.4, 0.5) is 11.4 Å². The summed E-state index contributed by atoms with van der Waals surface area (Å²) in [6.07, 6.45) is 1.83. The van der Waals surface area contributed by atoms with Crippen LogP contribution in [0.3, 0.4) is 0 Å². The van der Waals surface area contributed by atoms with Gasteiger partial charge in [0.25, 0.3) is 0 Å². The van der Waals surface area contributed by atoms with E-state index < -0.39 is 0 Å². The van der Waals surface area contributed by atoms with Crippen molar-refractivity contribution in [2.45, 2.75) is 0 Å². The summed E-state index contributed by atoms with van der Waals surface area (Å²) in [7, 11) is 1.72. The summed E-state index contributed by atoms with van der Waals surface area (Å²) in [5, 5.41) is 10.0. The van der Waals surface area contributed by atoms with Crippen molar-refractivity contribution >= 4 is 33.9 Å². The molecule has 25 heavy (non-hydrogen) atoms. The first-order chi connectivity index (χ1) is 12.3. The smallest absolute Gasteiger partial charge is 0.142 e. The Morgan fingerprint density at radius 3 is 2.40 bits per heavy atom. The molecule has 1 fully saturated rings. The summed E-state index contributed by atoms with van der Waals surface area (Å²) in [4.78, 5) is 4.71. The highest BCUT2D eigenvalue weighted by Gasteiger charge is 2.21. The van der Waals surface area contributed by atoms with Crippen molar-refractivity contribution in [3.8, 4) is 5.75 Å². The Labute approximate surface area is 151 Å². The predicted octanol–water partition coefficient (Wildman–Crippen LogP) is 3.62. The van der Waals surface area contributed by atoms with Gasteiger partial charge in [-0.2, -0.15) is 5.10 Å². The average Bonchev–Trinajstić information content (AvgIpc) is 2.68. The zero-order chi connectivity index (χ0) is 17.2. The Balaban J connectivity index is 1.58. The Hall–Kier alpha value is -2.53. The van der Waals surface area contributed by atoms with E-state index in [0.717, 1.165) is 54.2 Å². The molecule has 1 aliphatic heterocycles. The molecule has 0 amide bonds. The maximum Gasteiger partial charge on any atom is 0.142 e. The second kappa shape index (κ2) is 6.76. The number of anilines is 2. The molecule has 0 saturated carbocycles. The monoisotopic (exact) mass is 354 g/mol. The van der Waals surface area contributed by atoms with Gasteiger partial charge in [0.15, 0.2) is 0 Å². The largest absolute Gasteiger partial charge is 0.495 e. The molecule has 2 heterocycles. The highest BCUT2D eigenvalue weighted by atomic mass is 35.5. The number of nitrogens with zero attached hydrogens (tertiary/aromatic N) is 4. The normalized spacial score (nSPS) is 14.8. The molecule has 1 aromatic heterocycles. The molecule has 0 unspecified atom stereocenters. The summed E-state index contributed by atoms with van der Waals surface area (Å²) in [5.74, 6) is 0.916. The van der Waals surface area contributed by atoms with Crippen LogP contribution in [0.5, 0.6) is 5.75 Å². The topological polar surface area (TPSA) is 41.5 Å². The molecule has 0 atom stereocenters. The van der Waals surface area contributed by atoms with Crippen molar-refractivity contribution in [3.63, 3.8) is 0 Å². The summed E-state index contributed by atoms with van der Waals surface area (Å²) in [6.45, 7) is 3.66. The van der Waals surface area contributed by atoms with Gasteiger partial charge in [0.2, 0.25) is 0 Å². The molecular weight excluding hydrogens is 336 g/mol. The van der Waals surface area contributed by atoms with Gasteiger partial charge in [-0.25, -0.2) is 0 Å². The van der Waals surface area contributed by atoms with Crippen molar-refractivity contribution < 1.29 is 4.74 Å². The van der Waals surface area contributed by atoms with Crippen molar-refractivity contribution in [1.82, 2.24) is 10.2 Å². The van der Waals surface area contributed by atoms with Gasteiger partial charge in [0.05, 0.1) is 29.7 Å². The van der Waals surface area contributed by atoms with Crippen LogP contribution in [0, 0.1) is 0 Å². The van der Waals surface area contributed by atoms with Gasteiger partial charge >= 0.3 is 0 Å². The Bertz CT molecular complexity index is 893. The van der Waals surface area contributed by atoms with Crippen LogP contribution in [-0.4, -0.2) is 43.5 Å². The quantitative estimate of drug-likeness (QED) is 0.718. The number of hydrogen-bond acceptors (Lipinski definition) is 5. The van der Waals surface area contributed by atoms with E-state index in [1.165, 1.54) is 0 Å². The lowest BCUT2D eigenvalue weighted by Gasteiger charge is -2.38. The van der Waals surface area contributed by atoms with E-state index >= 15 is 0 Å². The van der Waals surface area contributed by atoms with Gasteiger partial charge in [-0.05, 0) is 18.2 Å². The summed E-state index contributed by atoms with van der Waals surface area (Å²) >= 11 is 6.26. The van der Waals surface area contributed by atoms with Gasteiger partial charge in [0.1, 0.15) is 11.3 Å². The Morgan fingerprint density at radius 2 is 1.64 bits per heavy atom. The third-order valence-electron chi connectivity index (χ3n) is 4.65. The van der Waals surface area contributed by atoms with E-state index in [9.17, 15) is 0 Å². The molecule has 2 aromatic carbocycles. The average molecular weight is 355 g/mol. The number of aromatic nitrogens is 2. The van der Waals surface area contributed by atoms with Crippen molar-refractivity contribution in [3.05, 3.63) is 53.7 Å². The molecule has 0 radical (unpaired) electrons. The molecule has 1 aliphatic rings. The minimum absolute atomic E-state index is 0.638. The molecule has 5 nitrogen and oxygen atoms in total. The predicted molar refractivity (Wildman–Crippen MR) is 102 cm³/mol. The van der Waals surface area contributed by atoms with Crippen molar-refractivity contribution in [2.24, 2.45) is 0 Å². The zero-order valence-corrected chi connectivity index (χ0v) is 14.8. The molecule has 128 valence electrons. The van der Waals surface area contributed by atoms with E-state index in [2.05, 4.69) is 32.1 Å². The lowest BCUT2D eigenvalue weighted by molar-refractivity contribution is 0.413. The van der Waals surface area contributed by atoms with E-state index in [1.807, 2.05) is 36.5 Å². The third-order valence-corrected chi connectivity index (χ3v) is 4.95. The minimum Gasteiger partial charge on any atom is -0.495 e. The number of rotatable bonds is 3. The third kappa shape index (κ3) is 2.96. The second-order valence-electron chi connectivity index (χ2n) is 6.01. The van der Waals surface area contributed by atoms with Crippen LogP contribution in [0.15, 0.2) is 48.7 Å². The van der Waals surface area contributed by atoms with E-state index in [-0.39, 0.29) is 0 Å². The first kappa shape index (κ1) is 16.0. The molecule has 6 heteroatoms. The molecular formula is C19H19ClN4O. The highest BCUT2D eigenvalue weighted by molar-refractivity contribution is 6.35. The standard InChI is InChI=1S/C19H19ClN4O/c1-25-18-8-3-2-7-16(18)23-9-11-24(12-10-23)17-13-21-22-19-14(17)5-4-6-15(19)20/h2-8,13H,9-12H2,1H3. The second-order valence-corrected chi connectivity index (χ2v) is 6.42. The van der Waals surface area contributed by atoms with Crippen LogP contribution >= 0.6 is 11.6 Å². The summed E-state index contributed by atoms with van der Waals surface area (Å²) in [6, 6.07) is 14.0. The number of ether oxygens (including phenoxy) is 1. The maximum atomic E-state index is 6.26. The first-order valence-electron chi connectivity index (χ1n) is 8.31. The highest BCUT2D eigenvalue weighted by Crippen LogP contribution is 2.32. The molecule has 1 saturated heterocycles. The number of fused-ring (bicyclic) bond motifs is 1. The van der Waals surface area contributed by atoms with Gasteiger partial charge < -0.3 is 14.5 Å². The molecule has 3 aromatic rings. The number of methoxy groups -OCH3 is 1. The first-order valence-corrected chi connectivity index (χ1v) is 8.68. The van der Waals surface area contributed by atoms with Crippen LogP contribution < -0.4 is 14.5 Å². The minimum atomic E-state index is 0.638. The fourth-order valence-electron chi connectivity index (χ4n) is 3.37. The van der Waals surface area contributed by atoms with Gasteiger partial charge in [0, 0.05) is 31.6 Å². The Morgan fingerprint density at radius 1 is 0.920 bits per heavy atom. The van der Waals surface area contributed by atoms with Gasteiger partial charge in [-0.15, -0.1) is 5.10 Å². The fourth-order valence-corrected chi connectivity index (χ4v) is 3.58. The van der Waals surface area contributed by atoms with Crippen LogP contribution in [-0.2, 0) is 0 Å². The lowest BCUT2D eigenvalue weighted by atomic mass is 10.1. The van der Waals surface area contributed by atoms with Crippen molar-refractivity contribution in [2.75, 3.05) is 43.1 Å². The molecule has 0 N–H and O–H groups in total. The van der Waals surface area contributed by atoms with Gasteiger partial charge in [-0.1, -0.05) is 35.9 Å². The molecule has 4 rings (SSSR count). The molecule has 0 spiro atoms. The SMILES string of the molecule is COc1ccccc1N1CCN(c2cnnc3c(Cl)cccc23)CC1. The van der Waals surface area contributed by atoms with E-state index in [0.29, 0.717) is 5.02 Å². The van der Waals surface area contributed by atoms with E-state index in [1.54, 1.807) is 7.11 Å². The van der Waals surface area contributed by atoms with E-state index in [4.69, 9.17) is 16.3 Å². The molecule has 0 bridgehead atoms. The fraction of sp³-hybridized carbons (Fsp3) is 0.263. The summed E-state index contributed by atoms with van der Waals surface area (Å²) in [5.41, 5.74) is 2.99. The van der Waals surface area contributed by atoms with Crippen LogP contribution in [0.25, 0.3) is 10.9 Å². The summed E-state index contributed by atoms with van der Waals surface area (Å²) < 4.78 is 5.49. The number of hydrogen-bond donors (Lipinski definition) is 0.